The van der Waals surface area contributed by atoms with Gasteiger partial charge in [-0.25, -0.2) is 0 Å². The predicted octanol–water partition coefficient (Wildman–Crippen LogP) is 0.0959. The lowest BCUT2D eigenvalue weighted by Crippen LogP contribution is -2.51. The Kier molecular flexibility index (Phi) is 0.733. The summed E-state index contributed by atoms with van der Waals surface area (Å²) in [6, 6.07) is 0. The minimum absolute atomic E-state index is 0.0304. The van der Waals surface area contributed by atoms with Crippen molar-refractivity contribution in [3.63, 3.8) is 0 Å². The van der Waals surface area contributed by atoms with Crippen LogP contribution in [0.3, 0.4) is 0 Å². The standard InChI is InChI=1S/C11H14O2/c12-10-6-2-1-3-5-4(2)8(10)9(5)11(13)7(3)6/h2-13H,1H2/t2-,3+,4-,5+,6+,7-,8-,9+,10-,11+. The van der Waals surface area contributed by atoms with Crippen molar-refractivity contribution in [1.82, 2.24) is 0 Å². The van der Waals surface area contributed by atoms with Crippen LogP contribution in [0, 0.1) is 47.3 Å². The molecule has 10 atom stereocenters. The maximum absolute atomic E-state index is 10.1. The molecule has 5 aliphatic carbocycles. The highest BCUT2D eigenvalue weighted by atomic mass is 16.3. The predicted molar refractivity (Wildman–Crippen MR) is 44.6 cm³/mol. The summed E-state index contributed by atoms with van der Waals surface area (Å²) in [4.78, 5) is 0. The number of aliphatic hydroxyl groups is 2. The van der Waals surface area contributed by atoms with Crippen LogP contribution in [0.2, 0.25) is 0 Å². The summed E-state index contributed by atoms with van der Waals surface area (Å²) in [5, 5.41) is 20.2. The SMILES string of the molecule is O[C@@H]1[C@@H]2[C@@H]3[C@H](O)[C@H]4[C@@H]5C[C@@H]([C@H]2[C@@H]53)[C@@H]14. The van der Waals surface area contributed by atoms with Gasteiger partial charge in [0.05, 0.1) is 12.2 Å². The molecule has 0 aromatic carbocycles. The minimum Gasteiger partial charge on any atom is -0.393 e. The van der Waals surface area contributed by atoms with Crippen molar-refractivity contribution in [3.05, 3.63) is 0 Å². The third kappa shape index (κ3) is 0.375. The van der Waals surface area contributed by atoms with Crippen LogP contribution in [-0.2, 0) is 0 Å². The molecule has 70 valence electrons. The summed E-state index contributed by atoms with van der Waals surface area (Å²) in [6.45, 7) is 0. The molecule has 5 fully saturated rings. The second-order valence-electron chi connectivity index (χ2n) is 6.01. The lowest BCUT2D eigenvalue weighted by Gasteiger charge is -2.47. The van der Waals surface area contributed by atoms with Crippen LogP contribution in [0.5, 0.6) is 0 Å². The van der Waals surface area contributed by atoms with Crippen LogP contribution in [0.4, 0.5) is 0 Å². The van der Waals surface area contributed by atoms with Gasteiger partial charge in [0, 0.05) is 0 Å². The van der Waals surface area contributed by atoms with Gasteiger partial charge < -0.3 is 10.2 Å². The molecule has 0 heterocycles. The molecule has 0 unspecified atom stereocenters. The summed E-state index contributed by atoms with van der Waals surface area (Å²) in [5.41, 5.74) is 0. The van der Waals surface area contributed by atoms with Gasteiger partial charge in [-0.3, -0.25) is 0 Å². The van der Waals surface area contributed by atoms with Gasteiger partial charge in [-0.05, 0) is 53.8 Å². The Morgan fingerprint density at radius 3 is 1.54 bits per heavy atom. The maximum atomic E-state index is 10.1. The Bertz CT molecular complexity index is 281. The highest BCUT2D eigenvalue weighted by Crippen LogP contribution is 2.82. The van der Waals surface area contributed by atoms with E-state index in [1.54, 1.807) is 0 Å². The van der Waals surface area contributed by atoms with Gasteiger partial charge in [0.1, 0.15) is 0 Å². The number of aliphatic hydroxyl groups excluding tert-OH is 2. The molecule has 0 aliphatic heterocycles. The molecular weight excluding hydrogens is 164 g/mol. The van der Waals surface area contributed by atoms with E-state index in [-0.39, 0.29) is 12.2 Å². The number of fused-ring (bicyclic) bond motifs is 2. The lowest BCUT2D eigenvalue weighted by molar-refractivity contribution is -0.109. The average molecular weight is 178 g/mol. The van der Waals surface area contributed by atoms with E-state index in [4.69, 9.17) is 0 Å². The molecule has 2 N–H and O–H groups in total. The zero-order chi connectivity index (χ0) is 8.48. The van der Waals surface area contributed by atoms with Gasteiger partial charge in [0.2, 0.25) is 0 Å². The highest BCUT2D eigenvalue weighted by molar-refractivity contribution is 5.30. The van der Waals surface area contributed by atoms with E-state index >= 15 is 0 Å². The normalized spacial score (nSPS) is 85.4. The fraction of sp³-hybridized carbons (Fsp3) is 1.00. The molecular formula is C11H14O2. The first kappa shape index (κ1) is 6.41. The Hall–Kier alpha value is -0.0800. The zero-order valence-corrected chi connectivity index (χ0v) is 7.38. The van der Waals surface area contributed by atoms with Gasteiger partial charge in [0.15, 0.2) is 0 Å². The molecule has 2 bridgehead atoms. The monoisotopic (exact) mass is 178 g/mol. The molecule has 13 heavy (non-hydrogen) atoms. The number of hydrogen-bond donors (Lipinski definition) is 2. The van der Waals surface area contributed by atoms with Crippen molar-refractivity contribution in [2.24, 2.45) is 47.3 Å². The van der Waals surface area contributed by atoms with E-state index in [1.165, 1.54) is 6.42 Å². The van der Waals surface area contributed by atoms with E-state index in [2.05, 4.69) is 0 Å². The molecule has 0 saturated heterocycles. The van der Waals surface area contributed by atoms with Crippen LogP contribution >= 0.6 is 0 Å². The van der Waals surface area contributed by atoms with E-state index in [0.29, 0.717) is 23.7 Å². The molecule has 5 aliphatic rings. The first-order valence-electron chi connectivity index (χ1n) is 5.67. The highest BCUT2D eigenvalue weighted by Gasteiger charge is 2.83. The average Bonchev–Trinajstić information content (AvgIpc) is 2.52. The topological polar surface area (TPSA) is 40.5 Å². The summed E-state index contributed by atoms with van der Waals surface area (Å²) < 4.78 is 0. The van der Waals surface area contributed by atoms with Gasteiger partial charge in [-0.15, -0.1) is 0 Å². The van der Waals surface area contributed by atoms with Crippen molar-refractivity contribution < 1.29 is 10.2 Å². The van der Waals surface area contributed by atoms with Gasteiger partial charge >= 0.3 is 0 Å². The quantitative estimate of drug-likeness (QED) is 0.552. The number of rotatable bonds is 0. The smallest absolute Gasteiger partial charge is 0.0609 e. The van der Waals surface area contributed by atoms with Crippen LogP contribution < -0.4 is 0 Å². The van der Waals surface area contributed by atoms with Crippen molar-refractivity contribution in [3.8, 4) is 0 Å². The maximum Gasteiger partial charge on any atom is 0.0609 e. The Labute approximate surface area is 76.9 Å². The molecule has 0 aromatic heterocycles. The summed E-state index contributed by atoms with van der Waals surface area (Å²) >= 11 is 0. The Balaban J connectivity index is 1.83. The second kappa shape index (κ2) is 1.49. The van der Waals surface area contributed by atoms with Gasteiger partial charge in [-0.1, -0.05) is 0 Å². The Morgan fingerprint density at radius 1 is 0.615 bits per heavy atom. The van der Waals surface area contributed by atoms with E-state index < -0.39 is 0 Å². The molecule has 0 spiro atoms. The second-order valence-corrected chi connectivity index (χ2v) is 6.01. The molecule has 2 nitrogen and oxygen atoms in total. The minimum atomic E-state index is -0.0304. The fourth-order valence-electron chi connectivity index (χ4n) is 6.44. The zero-order valence-electron chi connectivity index (χ0n) is 7.38. The van der Waals surface area contributed by atoms with Crippen molar-refractivity contribution in [2.45, 2.75) is 18.6 Å². The molecule has 5 saturated carbocycles. The first-order chi connectivity index (χ1) is 6.30. The third-order valence-corrected chi connectivity index (χ3v) is 6.32. The third-order valence-electron chi connectivity index (χ3n) is 6.32. The first-order valence-corrected chi connectivity index (χ1v) is 5.67. The molecule has 5 rings (SSSR count). The fourth-order valence-corrected chi connectivity index (χ4v) is 6.44. The molecule has 2 heteroatoms. The van der Waals surface area contributed by atoms with E-state index in [0.717, 1.165) is 23.7 Å². The lowest BCUT2D eigenvalue weighted by atomic mass is 9.58. The van der Waals surface area contributed by atoms with E-state index in [1.807, 2.05) is 0 Å². The molecule has 0 radical (unpaired) electrons. The van der Waals surface area contributed by atoms with Crippen LogP contribution in [0.25, 0.3) is 0 Å². The largest absolute Gasteiger partial charge is 0.393 e. The van der Waals surface area contributed by atoms with Gasteiger partial charge in [0.25, 0.3) is 0 Å². The molecule has 0 aromatic rings. The Morgan fingerprint density at radius 2 is 1.08 bits per heavy atom. The van der Waals surface area contributed by atoms with Crippen LogP contribution in [0.1, 0.15) is 6.42 Å². The summed E-state index contributed by atoms with van der Waals surface area (Å²) in [5.74, 6) is 5.33. The van der Waals surface area contributed by atoms with Crippen molar-refractivity contribution >= 4 is 0 Å². The van der Waals surface area contributed by atoms with Crippen molar-refractivity contribution in [2.75, 3.05) is 0 Å². The summed E-state index contributed by atoms with van der Waals surface area (Å²) in [7, 11) is 0. The van der Waals surface area contributed by atoms with Crippen molar-refractivity contribution in [1.29, 1.82) is 0 Å². The molecule has 0 amide bonds. The van der Waals surface area contributed by atoms with Crippen LogP contribution in [0.15, 0.2) is 0 Å². The van der Waals surface area contributed by atoms with Gasteiger partial charge in [-0.2, -0.15) is 0 Å². The summed E-state index contributed by atoms with van der Waals surface area (Å²) in [6.07, 6.45) is 1.28. The number of hydrogen-bond acceptors (Lipinski definition) is 2. The van der Waals surface area contributed by atoms with E-state index in [9.17, 15) is 10.2 Å². The van der Waals surface area contributed by atoms with Crippen LogP contribution in [-0.4, -0.2) is 22.4 Å².